The van der Waals surface area contributed by atoms with E-state index in [9.17, 15) is 19.8 Å². The molecule has 0 radical (unpaired) electrons. The average molecular weight is 876 g/mol. The predicted octanol–water partition coefficient (Wildman–Crippen LogP) is 16.9. The Morgan fingerprint density at radius 3 is 1.16 bits per heavy atom. The van der Waals surface area contributed by atoms with E-state index in [-0.39, 0.29) is 18.5 Å². The van der Waals surface area contributed by atoms with Crippen LogP contribution in [0, 0.1) is 0 Å². The summed E-state index contributed by atoms with van der Waals surface area (Å²) in [7, 11) is 0. The van der Waals surface area contributed by atoms with Gasteiger partial charge in [-0.2, -0.15) is 0 Å². The number of nitrogens with one attached hydrogen (secondary N) is 1. The number of hydrogen-bond acceptors (Lipinski definition) is 5. The van der Waals surface area contributed by atoms with Gasteiger partial charge in [0.15, 0.2) is 0 Å². The van der Waals surface area contributed by atoms with Crippen LogP contribution in [0.1, 0.15) is 309 Å². The summed E-state index contributed by atoms with van der Waals surface area (Å²) in [6, 6.07) is -0.543. The Morgan fingerprint density at radius 2 is 0.758 bits per heavy atom. The number of esters is 1. The largest absolute Gasteiger partial charge is 0.466 e. The number of hydrogen-bond donors (Lipinski definition) is 3. The number of ether oxygens (including phenoxy) is 1. The van der Waals surface area contributed by atoms with Crippen LogP contribution < -0.4 is 5.32 Å². The molecule has 2 atom stereocenters. The number of carbonyl (C=O) groups excluding carboxylic acids is 2. The first-order chi connectivity index (χ1) is 30.5. The highest BCUT2D eigenvalue weighted by Gasteiger charge is 2.20. The van der Waals surface area contributed by atoms with Crippen molar-refractivity contribution in [3.63, 3.8) is 0 Å². The number of aliphatic hydroxyl groups excluding tert-OH is 2. The van der Waals surface area contributed by atoms with Gasteiger partial charge in [-0.15, -0.1) is 0 Å². The van der Waals surface area contributed by atoms with E-state index in [4.69, 9.17) is 4.74 Å². The lowest BCUT2D eigenvalue weighted by Gasteiger charge is -2.22. The molecule has 368 valence electrons. The molecule has 0 aromatic carbocycles. The third-order valence-electron chi connectivity index (χ3n) is 13.1. The van der Waals surface area contributed by atoms with Crippen molar-refractivity contribution in [3.8, 4) is 0 Å². The van der Waals surface area contributed by atoms with Gasteiger partial charge in [0.1, 0.15) is 0 Å². The number of unbranched alkanes of at least 4 members (excludes halogenated alkanes) is 39. The van der Waals surface area contributed by atoms with E-state index >= 15 is 0 Å². The summed E-state index contributed by atoms with van der Waals surface area (Å²) in [5.74, 6) is -0.0393. The molecule has 3 N–H and O–H groups in total. The SMILES string of the molecule is CCCCCC/C=C\CCCCCCCC(=O)OCCCCCCCCCCCCCCCCCCCCC(=O)NC(CO)C(O)CCCCCCCCCCCCCCCC. The first kappa shape index (κ1) is 60.6. The molecule has 6 nitrogen and oxygen atoms in total. The number of amides is 1. The Labute approximate surface area is 387 Å². The summed E-state index contributed by atoms with van der Waals surface area (Å²) in [5, 5.41) is 23.2. The van der Waals surface area contributed by atoms with Crippen molar-refractivity contribution in [1.29, 1.82) is 0 Å². The quantitative estimate of drug-likeness (QED) is 0.0321. The third-order valence-corrected chi connectivity index (χ3v) is 13.1. The zero-order valence-electron chi connectivity index (χ0n) is 41.9. The monoisotopic (exact) mass is 876 g/mol. The van der Waals surface area contributed by atoms with Crippen LogP contribution in [-0.2, 0) is 14.3 Å². The maximum absolute atomic E-state index is 12.5. The molecule has 6 heteroatoms. The summed E-state index contributed by atoms with van der Waals surface area (Å²) in [4.78, 5) is 24.5. The van der Waals surface area contributed by atoms with Crippen LogP contribution in [0.3, 0.4) is 0 Å². The standard InChI is InChI=1S/C56H109NO5/c1-3-5-7-9-11-13-15-17-25-28-32-36-40-44-48-54(59)53(52-58)57-55(60)49-45-41-37-33-29-26-22-20-18-19-21-23-27-31-35-39-43-47-51-62-56(61)50-46-42-38-34-30-24-16-14-12-10-8-6-4-2/h14,16,53-54,58-59H,3-13,15,17-52H2,1-2H3,(H,57,60)/b16-14-. The van der Waals surface area contributed by atoms with Gasteiger partial charge in [-0.3, -0.25) is 9.59 Å². The molecule has 0 aliphatic rings. The van der Waals surface area contributed by atoms with E-state index in [1.165, 1.54) is 231 Å². The Hall–Kier alpha value is -1.40. The van der Waals surface area contributed by atoms with Crippen molar-refractivity contribution in [3.05, 3.63) is 12.2 Å². The number of allylic oxidation sites excluding steroid dienone is 2. The van der Waals surface area contributed by atoms with E-state index < -0.39 is 12.1 Å². The molecule has 0 heterocycles. The van der Waals surface area contributed by atoms with Crippen LogP contribution in [-0.4, -0.2) is 47.4 Å². The highest BCUT2D eigenvalue weighted by molar-refractivity contribution is 5.76. The lowest BCUT2D eigenvalue weighted by Crippen LogP contribution is -2.45. The smallest absolute Gasteiger partial charge is 0.305 e. The molecule has 0 aliphatic carbocycles. The van der Waals surface area contributed by atoms with Crippen LogP contribution in [0.2, 0.25) is 0 Å². The predicted molar refractivity (Wildman–Crippen MR) is 269 cm³/mol. The number of carbonyl (C=O) groups is 2. The fraction of sp³-hybridized carbons (Fsp3) is 0.929. The first-order valence-corrected chi connectivity index (χ1v) is 27.9. The molecule has 0 aliphatic heterocycles. The molecule has 0 saturated heterocycles. The third kappa shape index (κ3) is 48.1. The summed E-state index contributed by atoms with van der Waals surface area (Å²) in [5.41, 5.74) is 0. The van der Waals surface area contributed by atoms with Gasteiger partial charge in [-0.1, -0.05) is 257 Å². The Morgan fingerprint density at radius 1 is 0.435 bits per heavy atom. The lowest BCUT2D eigenvalue weighted by atomic mass is 10.0. The molecule has 1 amide bonds. The summed E-state index contributed by atoms with van der Waals surface area (Å²) >= 11 is 0. The van der Waals surface area contributed by atoms with Crippen LogP contribution >= 0.6 is 0 Å². The van der Waals surface area contributed by atoms with Crippen LogP contribution in [0.4, 0.5) is 0 Å². The minimum absolute atomic E-state index is 0.00156. The molecular formula is C56H109NO5. The molecule has 0 rings (SSSR count). The van der Waals surface area contributed by atoms with Crippen molar-refractivity contribution in [2.24, 2.45) is 0 Å². The van der Waals surface area contributed by atoms with Crippen molar-refractivity contribution in [1.82, 2.24) is 5.32 Å². The average Bonchev–Trinajstić information content (AvgIpc) is 3.27. The van der Waals surface area contributed by atoms with Crippen molar-refractivity contribution in [2.75, 3.05) is 13.2 Å². The normalized spacial score (nSPS) is 12.6. The molecule has 0 bridgehead atoms. The second-order valence-corrected chi connectivity index (χ2v) is 19.3. The molecule has 0 saturated carbocycles. The minimum atomic E-state index is -0.666. The van der Waals surface area contributed by atoms with Crippen LogP contribution in [0.5, 0.6) is 0 Å². The summed E-state index contributed by atoms with van der Waals surface area (Å²) in [6.07, 6.45) is 60.5. The molecule has 0 aromatic heterocycles. The fourth-order valence-electron chi connectivity index (χ4n) is 8.75. The van der Waals surface area contributed by atoms with Gasteiger partial charge in [0.25, 0.3) is 0 Å². The van der Waals surface area contributed by atoms with Crippen LogP contribution in [0.25, 0.3) is 0 Å². The topological polar surface area (TPSA) is 95.9 Å². The zero-order chi connectivity index (χ0) is 45.1. The lowest BCUT2D eigenvalue weighted by molar-refractivity contribution is -0.143. The van der Waals surface area contributed by atoms with Crippen molar-refractivity contribution >= 4 is 11.9 Å². The summed E-state index contributed by atoms with van der Waals surface area (Å²) < 4.78 is 5.46. The number of aliphatic hydroxyl groups is 2. The van der Waals surface area contributed by atoms with Crippen LogP contribution in [0.15, 0.2) is 12.2 Å². The van der Waals surface area contributed by atoms with Gasteiger partial charge in [-0.25, -0.2) is 0 Å². The van der Waals surface area contributed by atoms with Gasteiger partial charge in [0.05, 0.1) is 25.4 Å². The van der Waals surface area contributed by atoms with Gasteiger partial charge < -0.3 is 20.3 Å². The second-order valence-electron chi connectivity index (χ2n) is 19.3. The molecular weight excluding hydrogens is 767 g/mol. The van der Waals surface area contributed by atoms with Gasteiger partial charge in [-0.05, 0) is 51.4 Å². The summed E-state index contributed by atoms with van der Waals surface area (Å²) in [6.45, 7) is 4.94. The Balaban J connectivity index is 3.40. The maximum atomic E-state index is 12.5. The van der Waals surface area contributed by atoms with E-state index in [0.29, 0.717) is 25.9 Å². The first-order valence-electron chi connectivity index (χ1n) is 27.9. The second kappa shape index (κ2) is 52.2. The van der Waals surface area contributed by atoms with Crippen molar-refractivity contribution < 1.29 is 24.5 Å². The molecule has 0 spiro atoms. The molecule has 0 aromatic rings. The molecule has 0 fully saturated rings. The Bertz CT molecular complexity index is 924. The molecule has 62 heavy (non-hydrogen) atoms. The highest BCUT2D eigenvalue weighted by atomic mass is 16.5. The van der Waals surface area contributed by atoms with E-state index in [0.717, 1.165) is 44.9 Å². The van der Waals surface area contributed by atoms with E-state index in [1.807, 2.05) is 0 Å². The van der Waals surface area contributed by atoms with Crippen molar-refractivity contribution in [2.45, 2.75) is 321 Å². The van der Waals surface area contributed by atoms with Gasteiger partial charge in [0.2, 0.25) is 5.91 Å². The number of rotatable bonds is 52. The molecule has 2 unspecified atom stereocenters. The van der Waals surface area contributed by atoms with E-state index in [1.54, 1.807) is 0 Å². The zero-order valence-corrected chi connectivity index (χ0v) is 41.9. The fourth-order valence-corrected chi connectivity index (χ4v) is 8.75. The van der Waals surface area contributed by atoms with E-state index in [2.05, 4.69) is 31.3 Å². The highest BCUT2D eigenvalue weighted by Crippen LogP contribution is 2.17. The van der Waals surface area contributed by atoms with Gasteiger partial charge in [0, 0.05) is 12.8 Å². The van der Waals surface area contributed by atoms with Gasteiger partial charge >= 0.3 is 5.97 Å². The Kier molecular flexibility index (Phi) is 51.0. The minimum Gasteiger partial charge on any atom is -0.466 e. The maximum Gasteiger partial charge on any atom is 0.305 e.